The molecule has 0 aromatic heterocycles. The third-order valence-corrected chi connectivity index (χ3v) is 15.3. The molecule has 6 N–H and O–H groups in total. The fraction of sp³-hybridized carbons (Fsp3) is 0.636. The maximum absolute atomic E-state index is 17.7. The van der Waals surface area contributed by atoms with Gasteiger partial charge < -0.3 is 40.7 Å². The number of alkyl halides is 3. The van der Waals surface area contributed by atoms with Crippen molar-refractivity contribution in [2.75, 3.05) is 18.5 Å². The van der Waals surface area contributed by atoms with Gasteiger partial charge in [-0.15, -0.1) is 0 Å². The predicted molar refractivity (Wildman–Crippen MR) is 217 cm³/mol. The van der Waals surface area contributed by atoms with Crippen LogP contribution in [0.1, 0.15) is 89.1 Å². The number of fused-ring (bicyclic) bond motifs is 7. The number of carbonyl (C=O) groups is 6. The van der Waals surface area contributed by atoms with Crippen molar-refractivity contribution < 1.29 is 62.3 Å². The highest BCUT2D eigenvalue weighted by atomic mass is 79.9. The molecule has 6 aliphatic rings. The molecule has 5 aliphatic carbocycles. The second-order valence-electron chi connectivity index (χ2n) is 18.1. The van der Waals surface area contributed by atoms with Crippen LogP contribution < -0.4 is 16.0 Å². The molecule has 7 rings (SSSR count). The SMILES string of the molecule is C[C@]12C=CC(=O)C=C1[C@@H](F)C[C@H]1[C@@H]3C[C@H]4O[C@@H](c5ccc(C[C@H]6CC[C@@H](NC(=O)[C@H](CCC(=O)O)NC(=O)CNC(=O)CBr)CC6)cc5)O[C@@]4(C(=O)CO)[C@@]3(C)C[C@H](O)[C@@]12F. The molecule has 3 amide bonds. The van der Waals surface area contributed by atoms with Crippen LogP contribution >= 0.6 is 15.9 Å². The maximum Gasteiger partial charge on any atom is 0.303 e. The van der Waals surface area contributed by atoms with E-state index in [1.165, 1.54) is 19.1 Å². The van der Waals surface area contributed by atoms with E-state index in [-0.39, 0.29) is 55.6 Å². The molecule has 61 heavy (non-hydrogen) atoms. The van der Waals surface area contributed by atoms with Gasteiger partial charge in [0.2, 0.25) is 17.7 Å². The largest absolute Gasteiger partial charge is 0.481 e. The van der Waals surface area contributed by atoms with E-state index < -0.39 is 107 Å². The zero-order chi connectivity index (χ0) is 44.1. The Kier molecular flexibility index (Phi) is 12.8. The summed E-state index contributed by atoms with van der Waals surface area (Å²) in [5.74, 6) is -5.08. The summed E-state index contributed by atoms with van der Waals surface area (Å²) in [6, 6.07) is 6.36. The van der Waals surface area contributed by atoms with Crippen molar-refractivity contribution in [3.63, 3.8) is 0 Å². The van der Waals surface area contributed by atoms with Crippen LogP contribution in [0.5, 0.6) is 0 Å². The van der Waals surface area contributed by atoms with E-state index in [0.29, 0.717) is 24.3 Å². The molecule has 1 heterocycles. The second kappa shape index (κ2) is 17.3. The minimum atomic E-state index is -2.34. The summed E-state index contributed by atoms with van der Waals surface area (Å²) in [5, 5.41) is 39.1. The zero-order valence-electron chi connectivity index (χ0n) is 34.2. The lowest BCUT2D eigenvalue weighted by Gasteiger charge is -2.63. The molecule has 0 unspecified atom stereocenters. The van der Waals surface area contributed by atoms with Crippen LogP contribution in [0.25, 0.3) is 0 Å². The van der Waals surface area contributed by atoms with E-state index in [1.54, 1.807) is 6.92 Å². The third kappa shape index (κ3) is 7.91. The molecule has 1 aromatic carbocycles. The first kappa shape index (κ1) is 45.1. The first-order chi connectivity index (χ1) is 28.9. The van der Waals surface area contributed by atoms with Gasteiger partial charge in [0.05, 0.1) is 24.1 Å². The van der Waals surface area contributed by atoms with Crippen LogP contribution in [-0.2, 0) is 44.7 Å². The van der Waals surface area contributed by atoms with E-state index in [1.807, 2.05) is 24.3 Å². The zero-order valence-corrected chi connectivity index (χ0v) is 35.8. The van der Waals surface area contributed by atoms with Crippen LogP contribution in [0.15, 0.2) is 48.1 Å². The van der Waals surface area contributed by atoms with Crippen LogP contribution in [-0.4, -0.2) is 111 Å². The van der Waals surface area contributed by atoms with Crippen molar-refractivity contribution in [3.05, 3.63) is 59.2 Å². The maximum atomic E-state index is 17.7. The number of aliphatic hydroxyl groups is 2. The molecule has 332 valence electrons. The number of Topliss-reactive ketones (excluding diaryl/α,β-unsaturated/α-hetero) is 1. The summed E-state index contributed by atoms with van der Waals surface area (Å²) in [5.41, 5.74) is -5.21. The van der Waals surface area contributed by atoms with Crippen molar-refractivity contribution in [1.82, 2.24) is 16.0 Å². The molecule has 0 bridgehead atoms. The molecule has 0 radical (unpaired) electrons. The molecule has 1 aromatic rings. The molecule has 14 nitrogen and oxygen atoms in total. The Bertz CT molecular complexity index is 1990. The summed E-state index contributed by atoms with van der Waals surface area (Å²) in [6.45, 7) is 2.04. The number of hydrogen-bond acceptors (Lipinski definition) is 10. The van der Waals surface area contributed by atoms with Gasteiger partial charge in [-0.05, 0) is 99.8 Å². The fourth-order valence-electron chi connectivity index (χ4n) is 11.7. The van der Waals surface area contributed by atoms with Crippen molar-refractivity contribution in [2.24, 2.45) is 28.6 Å². The summed E-state index contributed by atoms with van der Waals surface area (Å²) in [7, 11) is 0. The van der Waals surface area contributed by atoms with E-state index in [2.05, 4.69) is 31.9 Å². The number of ether oxygens (including phenoxy) is 2. The minimum absolute atomic E-state index is 0.00608. The lowest BCUT2D eigenvalue weighted by Crippen LogP contribution is -2.70. The van der Waals surface area contributed by atoms with Gasteiger partial charge >= 0.3 is 5.97 Å². The average molecular weight is 919 g/mol. The Balaban J connectivity index is 0.975. The fourth-order valence-corrected chi connectivity index (χ4v) is 11.9. The topological polar surface area (TPSA) is 218 Å². The summed E-state index contributed by atoms with van der Waals surface area (Å²) in [4.78, 5) is 74.3. The van der Waals surface area contributed by atoms with Gasteiger partial charge in [-0.3, -0.25) is 28.8 Å². The average Bonchev–Trinajstić information content (AvgIpc) is 3.73. The van der Waals surface area contributed by atoms with Crippen molar-refractivity contribution in [2.45, 2.75) is 126 Å². The van der Waals surface area contributed by atoms with E-state index >= 15 is 8.78 Å². The number of aliphatic carboxylic acids is 1. The van der Waals surface area contributed by atoms with Crippen molar-refractivity contribution >= 4 is 51.2 Å². The number of carboxylic acid groups (broad SMARTS) is 1. The smallest absolute Gasteiger partial charge is 0.303 e. The monoisotopic (exact) mass is 917 g/mol. The van der Waals surface area contributed by atoms with E-state index in [0.717, 1.165) is 30.9 Å². The number of ketones is 2. The number of halogens is 3. The first-order valence-electron chi connectivity index (χ1n) is 21.1. The Morgan fingerprint density at radius 2 is 1.72 bits per heavy atom. The van der Waals surface area contributed by atoms with Gasteiger partial charge in [0.25, 0.3) is 0 Å². The molecule has 4 saturated carbocycles. The van der Waals surface area contributed by atoms with Gasteiger partial charge in [0, 0.05) is 34.8 Å². The van der Waals surface area contributed by atoms with Gasteiger partial charge in [-0.1, -0.05) is 53.2 Å². The lowest BCUT2D eigenvalue weighted by molar-refractivity contribution is -0.235. The Morgan fingerprint density at radius 3 is 2.38 bits per heavy atom. The molecule has 1 saturated heterocycles. The quantitative estimate of drug-likeness (QED) is 0.149. The summed E-state index contributed by atoms with van der Waals surface area (Å²) < 4.78 is 46.7. The van der Waals surface area contributed by atoms with Crippen molar-refractivity contribution in [3.8, 4) is 0 Å². The Hall–Kier alpha value is -3.90. The Labute approximate surface area is 360 Å². The molecule has 0 spiro atoms. The molecular formula is C44H54BrF2N3O11. The third-order valence-electron chi connectivity index (χ3n) is 14.8. The van der Waals surface area contributed by atoms with Gasteiger partial charge in [0.15, 0.2) is 29.1 Å². The highest BCUT2D eigenvalue weighted by molar-refractivity contribution is 9.09. The lowest BCUT2D eigenvalue weighted by atomic mass is 9.44. The number of carbonyl (C=O) groups excluding carboxylic acids is 5. The molecule has 11 atom stereocenters. The number of amides is 3. The Morgan fingerprint density at radius 1 is 1.02 bits per heavy atom. The van der Waals surface area contributed by atoms with Gasteiger partial charge in [-0.2, -0.15) is 0 Å². The number of rotatable bonds is 14. The summed E-state index contributed by atoms with van der Waals surface area (Å²) in [6.07, 6.45) is 1.45. The van der Waals surface area contributed by atoms with E-state index in [4.69, 9.17) is 14.6 Å². The number of allylic oxidation sites excluding steroid dienone is 4. The first-order valence-corrected chi connectivity index (χ1v) is 22.2. The molecular weight excluding hydrogens is 864 g/mol. The minimum Gasteiger partial charge on any atom is -0.481 e. The standard InChI is InChI=1S/C44H54BrF2N3O11/c1-41-14-13-27(52)16-30(41)31(46)17-29-28-18-35-44(34(54)22-51,42(28,2)19-33(53)43(29,41)47)61-40(60-35)25-7-3-23(4-8-25)15-24-5-9-26(10-6-24)49-39(59)32(11-12-38(57)58)50-37(56)21-48-36(55)20-45/h3-4,7-8,13-14,16,24,26,28-29,31-33,35,40,51,53H,5-6,9-12,15,17-22H2,1-2H3,(H,48,55)(H,49,59)(H,50,56)(H,57,58)/t24-,26+,28-,29-,31-,32-,33-,35+,40+,41-,42-,43-,44+/m0/s1. The second-order valence-corrected chi connectivity index (χ2v) is 18.7. The van der Waals surface area contributed by atoms with E-state index in [9.17, 15) is 39.0 Å². The number of hydrogen-bond donors (Lipinski definition) is 6. The van der Waals surface area contributed by atoms with Crippen LogP contribution in [0.2, 0.25) is 0 Å². The van der Waals surface area contributed by atoms with Gasteiger partial charge in [0.1, 0.15) is 18.8 Å². The number of aliphatic hydroxyl groups excluding tert-OH is 2. The van der Waals surface area contributed by atoms with Crippen LogP contribution in [0, 0.1) is 28.6 Å². The number of nitrogens with one attached hydrogen (secondary N) is 3. The van der Waals surface area contributed by atoms with Crippen molar-refractivity contribution in [1.29, 1.82) is 0 Å². The highest BCUT2D eigenvalue weighted by Gasteiger charge is 2.80. The number of benzene rings is 1. The molecule has 17 heteroatoms. The summed E-state index contributed by atoms with van der Waals surface area (Å²) >= 11 is 2.99. The molecule has 5 fully saturated rings. The predicted octanol–water partition coefficient (Wildman–Crippen LogP) is 3.41. The van der Waals surface area contributed by atoms with Crippen LogP contribution in [0.3, 0.4) is 0 Å². The van der Waals surface area contributed by atoms with Crippen LogP contribution in [0.4, 0.5) is 8.78 Å². The molecule has 1 aliphatic heterocycles. The number of carboxylic acids is 1. The highest BCUT2D eigenvalue weighted by Crippen LogP contribution is 2.72. The normalized spacial score (nSPS) is 37.9. The van der Waals surface area contributed by atoms with Gasteiger partial charge in [-0.25, -0.2) is 8.78 Å².